The van der Waals surface area contributed by atoms with Crippen molar-refractivity contribution in [2.75, 3.05) is 27.3 Å². The molecule has 0 bridgehead atoms. The summed E-state index contributed by atoms with van der Waals surface area (Å²) in [5.41, 5.74) is 1.80. The van der Waals surface area contributed by atoms with Crippen LogP contribution >= 0.6 is 0 Å². The summed E-state index contributed by atoms with van der Waals surface area (Å²) in [6.45, 7) is 1.33. The minimum Gasteiger partial charge on any atom is -0.497 e. The van der Waals surface area contributed by atoms with Gasteiger partial charge in [0.2, 0.25) is 0 Å². The van der Waals surface area contributed by atoms with Crippen molar-refractivity contribution in [3.05, 3.63) is 59.7 Å². The maximum absolute atomic E-state index is 9.37. The molecule has 2 unspecified atom stereocenters. The van der Waals surface area contributed by atoms with Gasteiger partial charge in [-0.05, 0) is 54.9 Å². The molecular weight excluding hydrogens is 340 g/mol. The zero-order valence-electron chi connectivity index (χ0n) is 15.6. The van der Waals surface area contributed by atoms with Gasteiger partial charge < -0.3 is 9.47 Å². The van der Waals surface area contributed by atoms with Crippen LogP contribution in [0.15, 0.2) is 48.5 Å². The maximum Gasteiger partial charge on any atom is 0.121 e. The predicted molar refractivity (Wildman–Crippen MR) is 103 cm³/mol. The maximum atomic E-state index is 9.37. The lowest BCUT2D eigenvalue weighted by molar-refractivity contribution is 0.414. The number of rotatable bonds is 10. The second-order valence-electron chi connectivity index (χ2n) is 5.93. The third-order valence-electron chi connectivity index (χ3n) is 4.21. The molecule has 0 radical (unpaired) electrons. The number of benzene rings is 2. The first kappa shape index (κ1) is 20.3. The number of nitrogens with zero attached hydrogens (tertiary/aromatic N) is 2. The Bertz CT molecular complexity index is 708. The van der Waals surface area contributed by atoms with Crippen molar-refractivity contribution in [3.63, 3.8) is 0 Å². The quantitative estimate of drug-likeness (QED) is 0.630. The molecule has 2 aromatic rings. The molecule has 2 N–H and O–H groups in total. The second kappa shape index (κ2) is 10.8. The van der Waals surface area contributed by atoms with E-state index in [-0.39, 0.29) is 12.1 Å². The molecule has 27 heavy (non-hydrogen) atoms. The van der Waals surface area contributed by atoms with E-state index >= 15 is 0 Å². The average molecular weight is 364 g/mol. The molecule has 6 nitrogen and oxygen atoms in total. The molecule has 0 saturated carbocycles. The van der Waals surface area contributed by atoms with E-state index in [1.165, 1.54) is 0 Å². The number of hydrogen-bond acceptors (Lipinski definition) is 6. The van der Waals surface area contributed by atoms with Crippen LogP contribution in [0.25, 0.3) is 0 Å². The van der Waals surface area contributed by atoms with Crippen LogP contribution in [-0.2, 0) is 0 Å². The van der Waals surface area contributed by atoms with E-state index in [0.717, 1.165) is 29.0 Å². The molecule has 0 spiro atoms. The van der Waals surface area contributed by atoms with E-state index in [0.29, 0.717) is 13.1 Å². The molecule has 2 rings (SSSR count). The standard InChI is InChI=1S/C21H24N4O2/c1-26-18-8-4-16(5-9-18)20(14-22)24-12-3-13-25-21(15-23)17-6-10-19(27-2)11-7-17/h4-11,20-21,24-25H,3,12-13H2,1-2H3. The number of ether oxygens (including phenoxy) is 2. The van der Waals surface area contributed by atoms with Crippen LogP contribution in [0.5, 0.6) is 11.5 Å². The largest absolute Gasteiger partial charge is 0.497 e. The number of hydrogen-bond donors (Lipinski definition) is 2. The van der Waals surface area contributed by atoms with Crippen LogP contribution in [-0.4, -0.2) is 27.3 Å². The summed E-state index contributed by atoms with van der Waals surface area (Å²) in [4.78, 5) is 0. The fraction of sp³-hybridized carbons (Fsp3) is 0.333. The van der Waals surface area contributed by atoms with Crippen LogP contribution < -0.4 is 20.1 Å². The molecule has 0 aliphatic carbocycles. The third kappa shape index (κ3) is 6.00. The summed E-state index contributed by atoms with van der Waals surface area (Å²) in [6, 6.07) is 18.7. The van der Waals surface area contributed by atoms with Crippen molar-refractivity contribution in [1.29, 1.82) is 10.5 Å². The molecule has 140 valence electrons. The Hall–Kier alpha value is -3.06. The van der Waals surface area contributed by atoms with E-state index < -0.39 is 0 Å². The molecule has 2 aromatic carbocycles. The van der Waals surface area contributed by atoms with Gasteiger partial charge >= 0.3 is 0 Å². The zero-order valence-corrected chi connectivity index (χ0v) is 15.6. The molecule has 0 aliphatic rings. The van der Waals surface area contributed by atoms with E-state index in [2.05, 4.69) is 22.8 Å². The van der Waals surface area contributed by atoms with Gasteiger partial charge in [-0.3, -0.25) is 10.6 Å². The first-order valence-electron chi connectivity index (χ1n) is 8.75. The Morgan fingerprint density at radius 2 is 1.11 bits per heavy atom. The lowest BCUT2D eigenvalue weighted by Gasteiger charge is -2.14. The van der Waals surface area contributed by atoms with Gasteiger partial charge in [-0.25, -0.2) is 0 Å². The zero-order chi connectivity index (χ0) is 19.5. The Labute approximate surface area is 160 Å². The minimum atomic E-state index is -0.371. The normalized spacial score (nSPS) is 12.4. The van der Waals surface area contributed by atoms with Crippen LogP contribution in [0, 0.1) is 22.7 Å². The highest BCUT2D eigenvalue weighted by molar-refractivity contribution is 5.32. The fourth-order valence-electron chi connectivity index (χ4n) is 2.65. The molecule has 0 aromatic heterocycles. The predicted octanol–water partition coefficient (Wildman–Crippen LogP) is 3.10. The lowest BCUT2D eigenvalue weighted by Crippen LogP contribution is -2.26. The first-order valence-corrected chi connectivity index (χ1v) is 8.75. The van der Waals surface area contributed by atoms with Crippen molar-refractivity contribution in [2.45, 2.75) is 18.5 Å². The molecule has 0 heterocycles. The van der Waals surface area contributed by atoms with Crippen LogP contribution in [0.3, 0.4) is 0 Å². The Balaban J connectivity index is 1.77. The monoisotopic (exact) mass is 364 g/mol. The highest BCUT2D eigenvalue weighted by Crippen LogP contribution is 2.18. The summed E-state index contributed by atoms with van der Waals surface area (Å²) in [7, 11) is 3.23. The van der Waals surface area contributed by atoms with Gasteiger partial charge in [-0.1, -0.05) is 24.3 Å². The molecule has 0 aliphatic heterocycles. The van der Waals surface area contributed by atoms with E-state index in [9.17, 15) is 10.5 Å². The average Bonchev–Trinajstić information content (AvgIpc) is 2.74. The topological polar surface area (TPSA) is 90.1 Å². The molecule has 0 saturated heterocycles. The molecule has 6 heteroatoms. The van der Waals surface area contributed by atoms with Gasteiger partial charge in [0.05, 0.1) is 26.4 Å². The second-order valence-corrected chi connectivity index (χ2v) is 5.93. The van der Waals surface area contributed by atoms with Crippen molar-refractivity contribution < 1.29 is 9.47 Å². The summed E-state index contributed by atoms with van der Waals surface area (Å²) in [5.74, 6) is 1.53. The Kier molecular flexibility index (Phi) is 8.12. The van der Waals surface area contributed by atoms with Crippen molar-refractivity contribution in [1.82, 2.24) is 10.6 Å². The van der Waals surface area contributed by atoms with Crippen molar-refractivity contribution >= 4 is 0 Å². The Morgan fingerprint density at radius 1 is 0.741 bits per heavy atom. The number of methoxy groups -OCH3 is 2. The highest BCUT2D eigenvalue weighted by atomic mass is 16.5. The lowest BCUT2D eigenvalue weighted by atomic mass is 10.1. The molecule has 0 amide bonds. The summed E-state index contributed by atoms with van der Waals surface area (Å²) in [6.07, 6.45) is 0.794. The van der Waals surface area contributed by atoms with Gasteiger partial charge in [-0.2, -0.15) is 10.5 Å². The van der Waals surface area contributed by atoms with Gasteiger partial charge in [0.1, 0.15) is 23.6 Å². The third-order valence-corrected chi connectivity index (χ3v) is 4.21. The highest BCUT2D eigenvalue weighted by Gasteiger charge is 2.11. The van der Waals surface area contributed by atoms with Gasteiger partial charge in [0.25, 0.3) is 0 Å². The first-order chi connectivity index (χ1) is 13.2. The summed E-state index contributed by atoms with van der Waals surface area (Å²) >= 11 is 0. The Morgan fingerprint density at radius 3 is 1.41 bits per heavy atom. The van der Waals surface area contributed by atoms with Gasteiger partial charge in [-0.15, -0.1) is 0 Å². The van der Waals surface area contributed by atoms with Gasteiger partial charge in [0.15, 0.2) is 0 Å². The number of nitriles is 2. The van der Waals surface area contributed by atoms with E-state index in [1.54, 1.807) is 14.2 Å². The van der Waals surface area contributed by atoms with E-state index in [4.69, 9.17) is 9.47 Å². The summed E-state index contributed by atoms with van der Waals surface area (Å²) in [5, 5.41) is 25.2. The smallest absolute Gasteiger partial charge is 0.121 e. The van der Waals surface area contributed by atoms with E-state index in [1.807, 2.05) is 48.5 Å². The SMILES string of the molecule is COc1ccc(C(C#N)NCCCNC(C#N)c2ccc(OC)cc2)cc1. The van der Waals surface area contributed by atoms with Crippen LogP contribution in [0.4, 0.5) is 0 Å². The number of nitrogens with one attached hydrogen (secondary N) is 2. The molecule has 0 fully saturated rings. The molecule has 2 atom stereocenters. The van der Waals surface area contributed by atoms with Crippen molar-refractivity contribution in [2.24, 2.45) is 0 Å². The van der Waals surface area contributed by atoms with Gasteiger partial charge in [0, 0.05) is 0 Å². The molecular formula is C21H24N4O2. The minimum absolute atomic E-state index is 0.371. The van der Waals surface area contributed by atoms with Crippen molar-refractivity contribution in [3.8, 4) is 23.6 Å². The van der Waals surface area contributed by atoms with Crippen LogP contribution in [0.2, 0.25) is 0 Å². The van der Waals surface area contributed by atoms with Crippen LogP contribution in [0.1, 0.15) is 29.6 Å². The fourth-order valence-corrected chi connectivity index (χ4v) is 2.65. The summed E-state index contributed by atoms with van der Waals surface area (Å²) < 4.78 is 10.3.